The minimum atomic E-state index is -2.96. The topological polar surface area (TPSA) is 84.0 Å². The number of nitrogens with one attached hydrogen (secondary N) is 2. The van der Waals surface area contributed by atoms with Gasteiger partial charge in [-0.25, -0.2) is 13.4 Å². The summed E-state index contributed by atoms with van der Waals surface area (Å²) in [5, 5.41) is 6.48. The van der Waals surface area contributed by atoms with Gasteiger partial charge in [0.25, 0.3) is 0 Å². The summed E-state index contributed by atoms with van der Waals surface area (Å²) < 4.78 is 23.5. The van der Waals surface area contributed by atoms with Crippen LogP contribution in [0.25, 0.3) is 11.3 Å². The van der Waals surface area contributed by atoms with E-state index >= 15 is 0 Å². The molecule has 1 fully saturated rings. The molecule has 138 valence electrons. The lowest BCUT2D eigenvalue weighted by Crippen LogP contribution is -2.21. The third kappa shape index (κ3) is 4.43. The van der Waals surface area contributed by atoms with E-state index < -0.39 is 9.84 Å². The number of nitrogens with zero attached hydrogens (tertiary/aromatic N) is 2. The quantitative estimate of drug-likeness (QED) is 0.705. The molecule has 2 N–H and O–H groups in total. The van der Waals surface area contributed by atoms with Crippen LogP contribution in [0.5, 0.6) is 0 Å². The van der Waals surface area contributed by atoms with E-state index in [1.54, 1.807) is 0 Å². The van der Waals surface area contributed by atoms with Gasteiger partial charge in [0, 0.05) is 23.4 Å². The van der Waals surface area contributed by atoms with Gasteiger partial charge in [0.15, 0.2) is 9.84 Å². The molecular weight excluding hydrogens is 360 g/mol. The first-order valence-corrected chi connectivity index (χ1v) is 10.6. The van der Waals surface area contributed by atoms with Crippen molar-refractivity contribution in [3.8, 4) is 11.3 Å². The van der Waals surface area contributed by atoms with Crippen molar-refractivity contribution in [3.05, 3.63) is 66.7 Å². The molecule has 2 aromatic carbocycles. The SMILES string of the molecule is O=S1(=O)CCC(Nc2cc(-c3ccccc3)nc(Nc3ccccc3)n2)C1. The van der Waals surface area contributed by atoms with Crippen LogP contribution in [0, 0.1) is 0 Å². The van der Waals surface area contributed by atoms with Gasteiger partial charge >= 0.3 is 0 Å². The summed E-state index contributed by atoms with van der Waals surface area (Å²) in [5.74, 6) is 1.44. The standard InChI is InChI=1S/C20H20N4O2S/c25-27(26)12-11-17(14-27)21-19-13-18(15-7-3-1-4-8-15)23-20(24-19)22-16-9-5-2-6-10-16/h1-10,13,17H,11-12,14H2,(H2,21,22,23,24). The lowest BCUT2D eigenvalue weighted by Gasteiger charge is -2.14. The van der Waals surface area contributed by atoms with Crippen molar-refractivity contribution in [2.24, 2.45) is 0 Å². The summed E-state index contributed by atoms with van der Waals surface area (Å²) in [4.78, 5) is 9.16. The second kappa shape index (κ2) is 7.36. The van der Waals surface area contributed by atoms with Gasteiger partial charge in [-0.1, -0.05) is 48.5 Å². The van der Waals surface area contributed by atoms with Crippen LogP contribution in [-0.4, -0.2) is 35.9 Å². The molecule has 7 heteroatoms. The number of para-hydroxylation sites is 1. The lowest BCUT2D eigenvalue weighted by atomic mass is 10.1. The van der Waals surface area contributed by atoms with Crippen molar-refractivity contribution in [2.45, 2.75) is 12.5 Å². The van der Waals surface area contributed by atoms with Gasteiger partial charge in [0.05, 0.1) is 17.2 Å². The number of rotatable bonds is 5. The first-order chi connectivity index (χ1) is 13.1. The third-order valence-corrected chi connectivity index (χ3v) is 6.18. The first-order valence-electron chi connectivity index (χ1n) is 8.81. The molecule has 2 heterocycles. The van der Waals surface area contributed by atoms with Crippen molar-refractivity contribution < 1.29 is 8.42 Å². The molecule has 1 aliphatic rings. The second-order valence-corrected chi connectivity index (χ2v) is 8.79. The maximum Gasteiger partial charge on any atom is 0.229 e. The summed E-state index contributed by atoms with van der Waals surface area (Å²) in [7, 11) is -2.96. The van der Waals surface area contributed by atoms with E-state index in [9.17, 15) is 8.42 Å². The molecule has 0 aliphatic carbocycles. The zero-order valence-electron chi connectivity index (χ0n) is 14.7. The second-order valence-electron chi connectivity index (χ2n) is 6.56. The highest BCUT2D eigenvalue weighted by molar-refractivity contribution is 7.91. The number of hydrogen-bond acceptors (Lipinski definition) is 6. The van der Waals surface area contributed by atoms with Crippen LogP contribution < -0.4 is 10.6 Å². The molecule has 1 atom stereocenters. The molecule has 6 nitrogen and oxygen atoms in total. The lowest BCUT2D eigenvalue weighted by molar-refractivity contribution is 0.602. The number of hydrogen-bond donors (Lipinski definition) is 2. The van der Waals surface area contributed by atoms with Gasteiger partial charge in [-0.2, -0.15) is 4.98 Å². The average Bonchev–Trinajstić information content (AvgIpc) is 3.01. The predicted molar refractivity (Wildman–Crippen MR) is 108 cm³/mol. The number of anilines is 3. The van der Waals surface area contributed by atoms with E-state index in [4.69, 9.17) is 0 Å². The van der Waals surface area contributed by atoms with Crippen molar-refractivity contribution in [3.63, 3.8) is 0 Å². The predicted octanol–water partition coefficient (Wildman–Crippen LogP) is 3.49. The largest absolute Gasteiger partial charge is 0.366 e. The van der Waals surface area contributed by atoms with Crippen LogP contribution in [-0.2, 0) is 9.84 Å². The molecule has 0 radical (unpaired) electrons. The number of sulfone groups is 1. The number of aromatic nitrogens is 2. The molecule has 1 saturated heterocycles. The minimum Gasteiger partial charge on any atom is -0.366 e. The Bertz CT molecular complexity index is 1020. The van der Waals surface area contributed by atoms with Crippen LogP contribution >= 0.6 is 0 Å². The summed E-state index contributed by atoms with van der Waals surface area (Å²) in [6.45, 7) is 0. The van der Waals surface area contributed by atoms with E-state index in [1.807, 2.05) is 66.7 Å². The van der Waals surface area contributed by atoms with Crippen LogP contribution in [0.2, 0.25) is 0 Å². The van der Waals surface area contributed by atoms with E-state index in [2.05, 4.69) is 20.6 Å². The van der Waals surface area contributed by atoms with Gasteiger partial charge in [0.2, 0.25) is 5.95 Å². The molecule has 1 aliphatic heterocycles. The van der Waals surface area contributed by atoms with Gasteiger partial charge < -0.3 is 10.6 Å². The third-order valence-electron chi connectivity index (χ3n) is 4.41. The van der Waals surface area contributed by atoms with Crippen LogP contribution in [0.4, 0.5) is 17.5 Å². The van der Waals surface area contributed by atoms with Crippen molar-refractivity contribution >= 4 is 27.3 Å². The molecule has 1 unspecified atom stereocenters. The molecule has 3 aromatic rings. The molecule has 0 amide bonds. The number of benzene rings is 2. The van der Waals surface area contributed by atoms with E-state index in [0.717, 1.165) is 16.9 Å². The van der Waals surface area contributed by atoms with Crippen LogP contribution in [0.1, 0.15) is 6.42 Å². The fraction of sp³-hybridized carbons (Fsp3) is 0.200. The van der Waals surface area contributed by atoms with Gasteiger partial charge in [-0.15, -0.1) is 0 Å². The fourth-order valence-corrected chi connectivity index (χ4v) is 4.78. The van der Waals surface area contributed by atoms with Gasteiger partial charge in [-0.05, 0) is 18.6 Å². The summed E-state index contributed by atoms with van der Waals surface area (Å²) in [5.41, 5.74) is 2.63. The highest BCUT2D eigenvalue weighted by Gasteiger charge is 2.28. The molecule has 0 spiro atoms. The Hall–Kier alpha value is -2.93. The van der Waals surface area contributed by atoms with E-state index in [0.29, 0.717) is 18.2 Å². The van der Waals surface area contributed by atoms with Gasteiger partial charge in [-0.3, -0.25) is 0 Å². The molecule has 4 rings (SSSR count). The van der Waals surface area contributed by atoms with Gasteiger partial charge in [0.1, 0.15) is 5.82 Å². The molecule has 1 aromatic heterocycles. The molecule has 27 heavy (non-hydrogen) atoms. The summed E-state index contributed by atoms with van der Waals surface area (Å²) in [6, 6.07) is 21.3. The highest BCUT2D eigenvalue weighted by atomic mass is 32.2. The molecule has 0 bridgehead atoms. The maximum atomic E-state index is 11.7. The Kier molecular flexibility index (Phi) is 4.77. The Morgan fingerprint density at radius 2 is 1.63 bits per heavy atom. The molecular formula is C20H20N4O2S. The normalized spacial score (nSPS) is 18.1. The zero-order valence-corrected chi connectivity index (χ0v) is 15.5. The Labute approximate surface area is 158 Å². The van der Waals surface area contributed by atoms with Crippen molar-refractivity contribution in [2.75, 3.05) is 22.1 Å². The van der Waals surface area contributed by atoms with Crippen LogP contribution in [0.15, 0.2) is 66.7 Å². The van der Waals surface area contributed by atoms with Crippen LogP contribution in [0.3, 0.4) is 0 Å². The Morgan fingerprint density at radius 1 is 0.926 bits per heavy atom. The fourth-order valence-electron chi connectivity index (χ4n) is 3.10. The smallest absolute Gasteiger partial charge is 0.229 e. The molecule has 0 saturated carbocycles. The van der Waals surface area contributed by atoms with Crippen molar-refractivity contribution in [1.82, 2.24) is 9.97 Å². The first kappa shape index (κ1) is 17.5. The van der Waals surface area contributed by atoms with E-state index in [1.165, 1.54) is 0 Å². The Morgan fingerprint density at radius 3 is 2.30 bits per heavy atom. The zero-order chi connectivity index (χ0) is 18.7. The summed E-state index contributed by atoms with van der Waals surface area (Å²) in [6.07, 6.45) is 0.592. The monoisotopic (exact) mass is 380 g/mol. The van der Waals surface area contributed by atoms with E-state index in [-0.39, 0.29) is 17.5 Å². The van der Waals surface area contributed by atoms with Crippen molar-refractivity contribution in [1.29, 1.82) is 0 Å². The summed E-state index contributed by atoms with van der Waals surface area (Å²) >= 11 is 0. The maximum absolute atomic E-state index is 11.7. The highest BCUT2D eigenvalue weighted by Crippen LogP contribution is 2.24. The Balaban J connectivity index is 1.66. The minimum absolute atomic E-state index is 0.127. The average molecular weight is 380 g/mol.